The van der Waals surface area contributed by atoms with Gasteiger partial charge in [0, 0.05) is 0 Å². The van der Waals surface area contributed by atoms with Gasteiger partial charge in [-0.05, 0) is 35.4 Å². The summed E-state index contributed by atoms with van der Waals surface area (Å²) >= 11 is 0. The van der Waals surface area contributed by atoms with Crippen LogP contribution in [0.3, 0.4) is 0 Å². The minimum absolute atomic E-state index is 0.0632. The first-order valence-corrected chi connectivity index (χ1v) is 9.18. The third-order valence-electron chi connectivity index (χ3n) is 4.78. The predicted molar refractivity (Wildman–Crippen MR) is 110 cm³/mol. The van der Waals surface area contributed by atoms with E-state index in [-0.39, 0.29) is 35.9 Å². The van der Waals surface area contributed by atoms with E-state index in [1.165, 1.54) is 25.2 Å². The number of benzene rings is 2. The van der Waals surface area contributed by atoms with Gasteiger partial charge in [-0.15, -0.1) is 0 Å². The van der Waals surface area contributed by atoms with E-state index in [1.807, 2.05) is 12.1 Å². The summed E-state index contributed by atoms with van der Waals surface area (Å²) in [5, 5.41) is 9.72. The topological polar surface area (TPSA) is 112 Å². The van der Waals surface area contributed by atoms with E-state index < -0.39 is 17.9 Å². The van der Waals surface area contributed by atoms with Crippen LogP contribution < -0.4 is 9.64 Å². The summed E-state index contributed by atoms with van der Waals surface area (Å²) in [6.45, 7) is -0.328. The standard InChI is InChI=1S/C22H21NO8/c1-28-15-7-4-13(5-8-15)14-6-9-16(20(24)25)18(10-14)23-12-31-11-17(21(26)29-2)19(23)22(27)30-3/h4-10H,11-12H2,1-3H3,(H,24,25). The molecule has 31 heavy (non-hydrogen) atoms. The molecule has 2 aromatic rings. The fraction of sp³-hybridized carbons (Fsp3) is 0.227. The van der Waals surface area contributed by atoms with Crippen molar-refractivity contribution < 1.29 is 38.4 Å². The Labute approximate surface area is 178 Å². The molecule has 9 heteroatoms. The Hall–Kier alpha value is -3.85. The van der Waals surface area contributed by atoms with Crippen molar-refractivity contribution in [2.75, 3.05) is 39.6 Å². The number of anilines is 1. The Morgan fingerprint density at radius 2 is 1.58 bits per heavy atom. The predicted octanol–water partition coefficient (Wildman–Crippen LogP) is 2.45. The highest BCUT2D eigenvalue weighted by molar-refractivity contribution is 6.05. The Bertz CT molecular complexity index is 1040. The van der Waals surface area contributed by atoms with E-state index in [9.17, 15) is 19.5 Å². The lowest BCUT2D eigenvalue weighted by atomic mass is 10.0. The van der Waals surface area contributed by atoms with Crippen molar-refractivity contribution in [3.05, 3.63) is 59.3 Å². The third-order valence-corrected chi connectivity index (χ3v) is 4.78. The van der Waals surface area contributed by atoms with E-state index >= 15 is 0 Å². The molecular weight excluding hydrogens is 406 g/mol. The number of rotatable bonds is 6. The van der Waals surface area contributed by atoms with Crippen LogP contribution in [0.5, 0.6) is 5.75 Å². The van der Waals surface area contributed by atoms with Gasteiger partial charge in [0.25, 0.3) is 0 Å². The number of aromatic carboxylic acids is 1. The van der Waals surface area contributed by atoms with Crippen LogP contribution in [0.1, 0.15) is 10.4 Å². The van der Waals surface area contributed by atoms with Gasteiger partial charge in [0.2, 0.25) is 0 Å². The van der Waals surface area contributed by atoms with Gasteiger partial charge in [-0.25, -0.2) is 14.4 Å². The third kappa shape index (κ3) is 4.36. The minimum atomic E-state index is -1.20. The largest absolute Gasteiger partial charge is 0.497 e. The molecule has 0 radical (unpaired) electrons. The summed E-state index contributed by atoms with van der Waals surface area (Å²) in [6, 6.07) is 11.9. The van der Waals surface area contributed by atoms with Crippen molar-refractivity contribution in [2.24, 2.45) is 0 Å². The SMILES string of the molecule is COC(=O)C1=C(C(=O)OC)N(c2cc(-c3ccc(OC)cc3)ccc2C(=O)O)COC1. The first-order chi connectivity index (χ1) is 14.9. The van der Waals surface area contributed by atoms with Crippen LogP contribution in [-0.2, 0) is 23.8 Å². The van der Waals surface area contributed by atoms with Crippen molar-refractivity contribution >= 4 is 23.6 Å². The van der Waals surface area contributed by atoms with Crippen LogP contribution in [0.15, 0.2) is 53.7 Å². The lowest BCUT2D eigenvalue weighted by molar-refractivity contribution is -0.140. The van der Waals surface area contributed by atoms with E-state index in [2.05, 4.69) is 0 Å². The molecule has 1 N–H and O–H groups in total. The van der Waals surface area contributed by atoms with Crippen LogP contribution in [-0.4, -0.2) is 57.7 Å². The maximum absolute atomic E-state index is 12.5. The molecule has 0 atom stereocenters. The van der Waals surface area contributed by atoms with Crippen LogP contribution in [0.2, 0.25) is 0 Å². The molecule has 2 aromatic carbocycles. The summed E-state index contributed by atoms with van der Waals surface area (Å²) in [5.41, 5.74) is 1.39. The van der Waals surface area contributed by atoms with E-state index in [4.69, 9.17) is 18.9 Å². The lowest BCUT2D eigenvalue weighted by Gasteiger charge is -2.32. The van der Waals surface area contributed by atoms with Crippen molar-refractivity contribution in [1.82, 2.24) is 0 Å². The highest BCUT2D eigenvalue weighted by Crippen LogP contribution is 2.34. The maximum Gasteiger partial charge on any atom is 0.355 e. The van der Waals surface area contributed by atoms with Crippen molar-refractivity contribution in [2.45, 2.75) is 0 Å². The number of ether oxygens (including phenoxy) is 4. The Kier molecular flexibility index (Phi) is 6.56. The fourth-order valence-corrected chi connectivity index (χ4v) is 3.23. The Morgan fingerprint density at radius 3 is 2.16 bits per heavy atom. The number of carbonyl (C=O) groups excluding carboxylic acids is 2. The minimum Gasteiger partial charge on any atom is -0.497 e. The second-order valence-corrected chi connectivity index (χ2v) is 6.48. The van der Waals surface area contributed by atoms with Crippen LogP contribution in [0, 0.1) is 0 Å². The summed E-state index contributed by atoms with van der Waals surface area (Å²) < 4.78 is 20.2. The van der Waals surface area contributed by atoms with Crippen LogP contribution in [0.25, 0.3) is 11.1 Å². The lowest BCUT2D eigenvalue weighted by Crippen LogP contribution is -2.39. The summed E-state index contributed by atoms with van der Waals surface area (Å²) in [5.74, 6) is -2.11. The molecule has 0 bridgehead atoms. The normalized spacial score (nSPS) is 13.6. The summed E-state index contributed by atoms with van der Waals surface area (Å²) in [6.07, 6.45) is 0. The van der Waals surface area contributed by atoms with E-state index in [1.54, 1.807) is 31.4 Å². The van der Waals surface area contributed by atoms with Crippen LogP contribution in [0.4, 0.5) is 5.69 Å². The molecule has 162 valence electrons. The molecule has 0 unspecified atom stereocenters. The summed E-state index contributed by atoms with van der Waals surface area (Å²) in [7, 11) is 3.91. The molecule has 1 heterocycles. The number of nitrogens with zero attached hydrogens (tertiary/aromatic N) is 1. The molecule has 0 aromatic heterocycles. The quantitative estimate of drug-likeness (QED) is 0.695. The number of hydrogen-bond acceptors (Lipinski definition) is 8. The average molecular weight is 427 g/mol. The highest BCUT2D eigenvalue weighted by atomic mass is 16.5. The number of methoxy groups -OCH3 is 3. The fourth-order valence-electron chi connectivity index (χ4n) is 3.23. The van der Waals surface area contributed by atoms with Gasteiger partial charge in [-0.2, -0.15) is 0 Å². The van der Waals surface area contributed by atoms with Gasteiger partial charge in [0.1, 0.15) is 18.2 Å². The molecule has 0 saturated carbocycles. The smallest absolute Gasteiger partial charge is 0.355 e. The molecule has 0 saturated heterocycles. The van der Waals surface area contributed by atoms with Crippen molar-refractivity contribution in [3.63, 3.8) is 0 Å². The average Bonchev–Trinajstić information content (AvgIpc) is 2.82. The molecule has 1 aliphatic rings. The van der Waals surface area contributed by atoms with E-state index in [0.29, 0.717) is 11.3 Å². The second-order valence-electron chi connectivity index (χ2n) is 6.48. The number of carboxylic acids is 1. The molecule has 0 aliphatic carbocycles. The second kappa shape index (κ2) is 9.31. The van der Waals surface area contributed by atoms with Gasteiger partial charge in [-0.1, -0.05) is 18.2 Å². The van der Waals surface area contributed by atoms with Gasteiger partial charge in [0.15, 0.2) is 0 Å². The zero-order chi connectivity index (χ0) is 22.5. The van der Waals surface area contributed by atoms with Gasteiger partial charge < -0.3 is 29.0 Å². The monoisotopic (exact) mass is 427 g/mol. The highest BCUT2D eigenvalue weighted by Gasteiger charge is 2.34. The number of hydrogen-bond donors (Lipinski definition) is 1. The Balaban J connectivity index is 2.19. The molecule has 0 amide bonds. The number of carbonyl (C=O) groups is 3. The van der Waals surface area contributed by atoms with Gasteiger partial charge in [-0.3, -0.25) is 0 Å². The molecule has 0 spiro atoms. The van der Waals surface area contributed by atoms with Gasteiger partial charge >= 0.3 is 17.9 Å². The molecule has 9 nitrogen and oxygen atoms in total. The molecule has 3 rings (SSSR count). The zero-order valence-corrected chi connectivity index (χ0v) is 17.2. The first-order valence-electron chi connectivity index (χ1n) is 9.18. The molecule has 0 fully saturated rings. The number of esters is 2. The molecule has 1 aliphatic heterocycles. The maximum atomic E-state index is 12.5. The zero-order valence-electron chi connectivity index (χ0n) is 17.2. The first kappa shape index (κ1) is 21.8. The van der Waals surface area contributed by atoms with E-state index in [0.717, 1.165) is 5.56 Å². The Morgan fingerprint density at radius 1 is 0.935 bits per heavy atom. The van der Waals surface area contributed by atoms with Crippen molar-refractivity contribution in [1.29, 1.82) is 0 Å². The van der Waals surface area contributed by atoms with Crippen LogP contribution >= 0.6 is 0 Å². The van der Waals surface area contributed by atoms with Crippen molar-refractivity contribution in [3.8, 4) is 16.9 Å². The molecular formula is C22H21NO8. The summed E-state index contributed by atoms with van der Waals surface area (Å²) in [4.78, 5) is 38.0. The van der Waals surface area contributed by atoms with Gasteiger partial charge in [0.05, 0.1) is 44.8 Å². The number of carboxylic acid groups (broad SMARTS) is 1.